The van der Waals surface area contributed by atoms with E-state index in [1.807, 2.05) is 13.8 Å². The van der Waals surface area contributed by atoms with Crippen LogP contribution in [0.5, 0.6) is 0 Å². The summed E-state index contributed by atoms with van der Waals surface area (Å²) in [4.78, 5) is 24.1. The molecular formula is C14H27N3O2. The fraction of sp³-hybridized carbons (Fsp3) is 0.857. The Balaban J connectivity index is 2.61. The zero-order chi connectivity index (χ0) is 14.5. The Hall–Kier alpha value is -1.10. The molecule has 1 saturated heterocycles. The van der Waals surface area contributed by atoms with Crippen molar-refractivity contribution in [3.05, 3.63) is 0 Å². The quantitative estimate of drug-likeness (QED) is 0.686. The van der Waals surface area contributed by atoms with E-state index >= 15 is 0 Å². The van der Waals surface area contributed by atoms with Gasteiger partial charge in [0.15, 0.2) is 0 Å². The molecule has 0 bridgehead atoms. The molecule has 2 amide bonds. The molecule has 110 valence electrons. The van der Waals surface area contributed by atoms with Crippen LogP contribution in [0.25, 0.3) is 0 Å². The standard InChI is InChI=1S/C14H27N3O2/c1-5-14(6-8-16-9-7-14)12(19)17-10-13(2,3)11(18)15-4/h16H,5-10H2,1-4H3,(H,15,18)(H,17,19). The molecule has 0 radical (unpaired) electrons. The van der Waals surface area contributed by atoms with Crippen LogP contribution in [0.1, 0.15) is 40.0 Å². The summed E-state index contributed by atoms with van der Waals surface area (Å²) >= 11 is 0. The normalized spacial score (nSPS) is 18.7. The van der Waals surface area contributed by atoms with Crippen molar-refractivity contribution in [2.24, 2.45) is 10.8 Å². The van der Waals surface area contributed by atoms with Gasteiger partial charge in [0.25, 0.3) is 0 Å². The summed E-state index contributed by atoms with van der Waals surface area (Å²) in [7, 11) is 1.62. The van der Waals surface area contributed by atoms with Gasteiger partial charge in [-0.3, -0.25) is 9.59 Å². The van der Waals surface area contributed by atoms with Crippen molar-refractivity contribution in [1.82, 2.24) is 16.0 Å². The van der Waals surface area contributed by atoms with E-state index in [1.54, 1.807) is 7.05 Å². The van der Waals surface area contributed by atoms with Gasteiger partial charge in [0.2, 0.25) is 11.8 Å². The minimum atomic E-state index is -0.577. The van der Waals surface area contributed by atoms with Crippen molar-refractivity contribution in [2.75, 3.05) is 26.7 Å². The van der Waals surface area contributed by atoms with Crippen LogP contribution < -0.4 is 16.0 Å². The van der Waals surface area contributed by atoms with E-state index < -0.39 is 5.41 Å². The summed E-state index contributed by atoms with van der Waals surface area (Å²) < 4.78 is 0. The molecule has 0 spiro atoms. The van der Waals surface area contributed by atoms with E-state index in [1.165, 1.54) is 0 Å². The number of nitrogens with one attached hydrogen (secondary N) is 3. The first-order valence-corrected chi connectivity index (χ1v) is 7.09. The number of carbonyl (C=O) groups is 2. The smallest absolute Gasteiger partial charge is 0.227 e. The second-order valence-corrected chi connectivity index (χ2v) is 6.03. The molecule has 0 atom stereocenters. The van der Waals surface area contributed by atoms with Gasteiger partial charge < -0.3 is 16.0 Å². The topological polar surface area (TPSA) is 70.2 Å². The second-order valence-electron chi connectivity index (χ2n) is 6.03. The van der Waals surface area contributed by atoms with Gasteiger partial charge in [-0.1, -0.05) is 6.92 Å². The minimum Gasteiger partial charge on any atom is -0.359 e. The molecule has 1 aliphatic rings. The SMILES string of the molecule is CCC1(C(=O)NCC(C)(C)C(=O)NC)CCNCC1. The van der Waals surface area contributed by atoms with Crippen LogP contribution in [0.3, 0.4) is 0 Å². The van der Waals surface area contributed by atoms with Gasteiger partial charge in [0.05, 0.1) is 10.8 Å². The summed E-state index contributed by atoms with van der Waals surface area (Å²) in [5, 5.41) is 8.89. The van der Waals surface area contributed by atoms with Crippen molar-refractivity contribution >= 4 is 11.8 Å². The third-order valence-corrected chi connectivity index (χ3v) is 4.25. The summed E-state index contributed by atoms with van der Waals surface area (Å²) in [6.45, 7) is 7.90. The lowest BCUT2D eigenvalue weighted by Gasteiger charge is -2.36. The number of hydrogen-bond acceptors (Lipinski definition) is 3. The molecule has 1 fully saturated rings. The molecule has 0 aromatic carbocycles. The van der Waals surface area contributed by atoms with Crippen molar-refractivity contribution < 1.29 is 9.59 Å². The van der Waals surface area contributed by atoms with E-state index in [2.05, 4.69) is 22.9 Å². The van der Waals surface area contributed by atoms with Crippen LogP contribution in [-0.2, 0) is 9.59 Å². The minimum absolute atomic E-state index is 0.0522. The summed E-state index contributed by atoms with van der Waals surface area (Å²) in [5.74, 6) is 0.0390. The number of hydrogen-bond donors (Lipinski definition) is 3. The fourth-order valence-electron chi connectivity index (χ4n) is 2.55. The number of carbonyl (C=O) groups excluding carboxylic acids is 2. The molecule has 0 aromatic rings. The predicted molar refractivity (Wildman–Crippen MR) is 75.7 cm³/mol. The molecule has 3 N–H and O–H groups in total. The van der Waals surface area contributed by atoms with Gasteiger partial charge >= 0.3 is 0 Å². The van der Waals surface area contributed by atoms with Gasteiger partial charge in [0.1, 0.15) is 0 Å². The van der Waals surface area contributed by atoms with Crippen molar-refractivity contribution in [3.8, 4) is 0 Å². The second kappa shape index (κ2) is 6.37. The van der Waals surface area contributed by atoms with Crippen LogP contribution in [-0.4, -0.2) is 38.5 Å². The van der Waals surface area contributed by atoms with Crippen LogP contribution in [0.4, 0.5) is 0 Å². The fourth-order valence-corrected chi connectivity index (χ4v) is 2.55. The number of amides is 2. The lowest BCUT2D eigenvalue weighted by atomic mass is 9.75. The van der Waals surface area contributed by atoms with E-state index in [0.29, 0.717) is 6.54 Å². The Kier molecular flexibility index (Phi) is 5.35. The maximum absolute atomic E-state index is 12.4. The van der Waals surface area contributed by atoms with Gasteiger partial charge in [-0.2, -0.15) is 0 Å². The summed E-state index contributed by atoms with van der Waals surface area (Å²) in [5.41, 5.74) is -0.837. The molecule has 0 unspecified atom stereocenters. The Morgan fingerprint density at radius 3 is 2.32 bits per heavy atom. The summed E-state index contributed by atoms with van der Waals surface area (Å²) in [6, 6.07) is 0. The Morgan fingerprint density at radius 1 is 1.26 bits per heavy atom. The molecule has 0 aromatic heterocycles. The molecular weight excluding hydrogens is 242 g/mol. The van der Waals surface area contributed by atoms with E-state index in [-0.39, 0.29) is 17.2 Å². The number of piperidine rings is 1. The van der Waals surface area contributed by atoms with Crippen molar-refractivity contribution in [2.45, 2.75) is 40.0 Å². The maximum Gasteiger partial charge on any atom is 0.227 e. The molecule has 19 heavy (non-hydrogen) atoms. The first kappa shape index (κ1) is 16.0. The average Bonchev–Trinajstić information content (AvgIpc) is 2.44. The molecule has 1 aliphatic heterocycles. The molecule has 1 rings (SSSR count). The number of rotatable bonds is 5. The van der Waals surface area contributed by atoms with Crippen molar-refractivity contribution in [3.63, 3.8) is 0 Å². The third-order valence-electron chi connectivity index (χ3n) is 4.25. The van der Waals surface area contributed by atoms with Crippen LogP contribution in [0, 0.1) is 10.8 Å². The van der Waals surface area contributed by atoms with E-state index in [0.717, 1.165) is 32.4 Å². The van der Waals surface area contributed by atoms with Gasteiger partial charge in [-0.25, -0.2) is 0 Å². The van der Waals surface area contributed by atoms with Crippen molar-refractivity contribution in [1.29, 1.82) is 0 Å². The van der Waals surface area contributed by atoms with E-state index in [4.69, 9.17) is 0 Å². The Bertz CT molecular complexity index is 334. The monoisotopic (exact) mass is 269 g/mol. The predicted octanol–water partition coefficient (Wildman–Crippen LogP) is 0.655. The maximum atomic E-state index is 12.4. The van der Waals surface area contributed by atoms with Crippen LogP contribution >= 0.6 is 0 Å². The molecule has 5 nitrogen and oxygen atoms in total. The molecule has 0 saturated carbocycles. The van der Waals surface area contributed by atoms with Gasteiger partial charge in [0, 0.05) is 13.6 Å². The highest BCUT2D eigenvalue weighted by Crippen LogP contribution is 2.32. The Labute approximate surface area is 115 Å². The highest BCUT2D eigenvalue weighted by molar-refractivity contribution is 5.85. The zero-order valence-electron chi connectivity index (χ0n) is 12.6. The van der Waals surface area contributed by atoms with Gasteiger partial charge in [-0.15, -0.1) is 0 Å². The third kappa shape index (κ3) is 3.69. The summed E-state index contributed by atoms with van der Waals surface area (Å²) in [6.07, 6.45) is 2.59. The molecule has 1 heterocycles. The largest absolute Gasteiger partial charge is 0.359 e. The highest BCUT2D eigenvalue weighted by atomic mass is 16.2. The van der Waals surface area contributed by atoms with Gasteiger partial charge in [-0.05, 0) is 46.2 Å². The van der Waals surface area contributed by atoms with Crippen LogP contribution in [0.15, 0.2) is 0 Å². The average molecular weight is 269 g/mol. The first-order chi connectivity index (χ1) is 8.88. The zero-order valence-corrected chi connectivity index (χ0v) is 12.6. The van der Waals surface area contributed by atoms with Crippen LogP contribution in [0.2, 0.25) is 0 Å². The molecule has 0 aliphatic carbocycles. The highest BCUT2D eigenvalue weighted by Gasteiger charge is 2.38. The lowest BCUT2D eigenvalue weighted by molar-refractivity contribution is -0.134. The first-order valence-electron chi connectivity index (χ1n) is 7.09. The molecule has 5 heteroatoms. The van der Waals surface area contributed by atoms with E-state index in [9.17, 15) is 9.59 Å². The Morgan fingerprint density at radius 2 is 1.84 bits per heavy atom. The lowest BCUT2D eigenvalue weighted by Crippen LogP contribution is -2.51.